The maximum Gasteiger partial charge on any atom is 0.0366 e. The molecule has 2 N–H and O–H groups in total. The van der Waals surface area contributed by atoms with E-state index in [9.17, 15) is 0 Å². The SMILES string of the molecule is CCCN(CCN1CCCC1)c1ccc(CN)cc1. The predicted molar refractivity (Wildman–Crippen MR) is 82.5 cm³/mol. The molecular weight excluding hydrogens is 234 g/mol. The topological polar surface area (TPSA) is 32.5 Å². The number of likely N-dealkylation sites (tertiary alicyclic amines) is 1. The highest BCUT2D eigenvalue weighted by molar-refractivity contribution is 5.47. The second-order valence-corrected chi connectivity index (χ2v) is 5.41. The molecule has 0 unspecified atom stereocenters. The van der Waals surface area contributed by atoms with Gasteiger partial charge in [-0.25, -0.2) is 0 Å². The molecular formula is C16H27N3. The molecule has 19 heavy (non-hydrogen) atoms. The van der Waals surface area contributed by atoms with Gasteiger partial charge < -0.3 is 15.5 Å². The maximum absolute atomic E-state index is 5.66. The van der Waals surface area contributed by atoms with Gasteiger partial charge in [-0.1, -0.05) is 19.1 Å². The molecule has 0 atom stereocenters. The summed E-state index contributed by atoms with van der Waals surface area (Å²) in [4.78, 5) is 5.08. The van der Waals surface area contributed by atoms with Crippen molar-refractivity contribution in [3.8, 4) is 0 Å². The first-order valence-corrected chi connectivity index (χ1v) is 7.60. The molecule has 106 valence electrons. The van der Waals surface area contributed by atoms with Crippen LogP contribution in [0, 0.1) is 0 Å². The number of hydrogen-bond donors (Lipinski definition) is 1. The van der Waals surface area contributed by atoms with E-state index in [4.69, 9.17) is 5.73 Å². The zero-order chi connectivity index (χ0) is 13.5. The fraction of sp³-hybridized carbons (Fsp3) is 0.625. The van der Waals surface area contributed by atoms with E-state index in [-0.39, 0.29) is 0 Å². The Bertz CT molecular complexity index is 355. The Kier molecular flexibility index (Phi) is 5.67. The molecule has 1 aliphatic rings. The first kappa shape index (κ1) is 14.4. The Morgan fingerprint density at radius 1 is 1.11 bits per heavy atom. The second-order valence-electron chi connectivity index (χ2n) is 5.41. The number of hydrogen-bond acceptors (Lipinski definition) is 3. The normalized spacial score (nSPS) is 15.9. The maximum atomic E-state index is 5.66. The van der Waals surface area contributed by atoms with Gasteiger partial charge in [-0.15, -0.1) is 0 Å². The molecule has 0 spiro atoms. The molecule has 0 amide bonds. The summed E-state index contributed by atoms with van der Waals surface area (Å²) in [6, 6.07) is 8.71. The molecule has 0 bridgehead atoms. The van der Waals surface area contributed by atoms with Crippen molar-refractivity contribution in [2.24, 2.45) is 5.73 Å². The molecule has 1 aliphatic heterocycles. The lowest BCUT2D eigenvalue weighted by molar-refractivity contribution is 0.344. The zero-order valence-corrected chi connectivity index (χ0v) is 12.1. The van der Waals surface area contributed by atoms with Crippen LogP contribution in [0.4, 0.5) is 5.69 Å². The van der Waals surface area contributed by atoms with Crippen LogP contribution < -0.4 is 10.6 Å². The first-order chi connectivity index (χ1) is 9.33. The van der Waals surface area contributed by atoms with Crippen molar-refractivity contribution >= 4 is 5.69 Å². The van der Waals surface area contributed by atoms with Crippen molar-refractivity contribution in [2.75, 3.05) is 37.6 Å². The summed E-state index contributed by atoms with van der Waals surface area (Å²) in [6.07, 6.45) is 3.94. The Labute approximate surface area is 117 Å². The minimum Gasteiger partial charge on any atom is -0.370 e. The van der Waals surface area contributed by atoms with Gasteiger partial charge in [0, 0.05) is 31.9 Å². The van der Waals surface area contributed by atoms with Gasteiger partial charge in [0.15, 0.2) is 0 Å². The van der Waals surface area contributed by atoms with Crippen molar-refractivity contribution in [1.82, 2.24) is 4.90 Å². The lowest BCUT2D eigenvalue weighted by atomic mass is 10.2. The summed E-state index contributed by atoms with van der Waals surface area (Å²) in [5.41, 5.74) is 8.20. The van der Waals surface area contributed by atoms with Crippen LogP contribution in [0.2, 0.25) is 0 Å². The van der Waals surface area contributed by atoms with E-state index in [1.165, 1.54) is 50.1 Å². The van der Waals surface area contributed by atoms with E-state index in [1.807, 2.05) is 0 Å². The highest BCUT2D eigenvalue weighted by Crippen LogP contribution is 2.16. The number of nitrogens with zero attached hydrogens (tertiary/aromatic N) is 2. The monoisotopic (exact) mass is 261 g/mol. The smallest absolute Gasteiger partial charge is 0.0366 e. The molecule has 1 aromatic carbocycles. The van der Waals surface area contributed by atoms with Gasteiger partial charge in [-0.2, -0.15) is 0 Å². The second kappa shape index (κ2) is 7.51. The van der Waals surface area contributed by atoms with E-state index in [1.54, 1.807) is 0 Å². The molecule has 0 aromatic heterocycles. The largest absolute Gasteiger partial charge is 0.370 e. The molecule has 0 aliphatic carbocycles. The minimum absolute atomic E-state index is 0.627. The molecule has 1 aromatic rings. The van der Waals surface area contributed by atoms with Crippen LogP contribution in [0.5, 0.6) is 0 Å². The van der Waals surface area contributed by atoms with Gasteiger partial charge >= 0.3 is 0 Å². The van der Waals surface area contributed by atoms with Gasteiger partial charge in [0.25, 0.3) is 0 Å². The van der Waals surface area contributed by atoms with E-state index in [2.05, 4.69) is 41.0 Å². The van der Waals surface area contributed by atoms with E-state index in [0.717, 1.165) is 13.1 Å². The molecule has 1 heterocycles. The third kappa shape index (κ3) is 4.22. The molecule has 3 nitrogen and oxygen atoms in total. The van der Waals surface area contributed by atoms with E-state index >= 15 is 0 Å². The van der Waals surface area contributed by atoms with Crippen molar-refractivity contribution in [2.45, 2.75) is 32.7 Å². The minimum atomic E-state index is 0.627. The van der Waals surface area contributed by atoms with E-state index in [0.29, 0.717) is 6.54 Å². The van der Waals surface area contributed by atoms with Crippen molar-refractivity contribution in [3.05, 3.63) is 29.8 Å². The quantitative estimate of drug-likeness (QED) is 0.818. The van der Waals surface area contributed by atoms with Crippen LogP contribution in [0.25, 0.3) is 0 Å². The number of benzene rings is 1. The van der Waals surface area contributed by atoms with Gasteiger partial charge in [-0.3, -0.25) is 0 Å². The Morgan fingerprint density at radius 3 is 2.37 bits per heavy atom. The average Bonchev–Trinajstić information content (AvgIpc) is 2.97. The van der Waals surface area contributed by atoms with Gasteiger partial charge in [0.05, 0.1) is 0 Å². The number of rotatable bonds is 7. The summed E-state index contributed by atoms with van der Waals surface area (Å²) < 4.78 is 0. The lowest BCUT2D eigenvalue weighted by Crippen LogP contribution is -2.34. The Hall–Kier alpha value is -1.06. The lowest BCUT2D eigenvalue weighted by Gasteiger charge is -2.27. The Morgan fingerprint density at radius 2 is 1.79 bits per heavy atom. The fourth-order valence-electron chi connectivity index (χ4n) is 2.75. The molecule has 0 saturated carbocycles. The standard InChI is InChI=1S/C16H27N3/c1-2-9-19(13-12-18-10-3-4-11-18)16-7-5-15(14-17)6-8-16/h5-8H,2-4,9-14,17H2,1H3. The molecule has 0 radical (unpaired) electrons. The first-order valence-electron chi connectivity index (χ1n) is 7.60. The van der Waals surface area contributed by atoms with E-state index < -0.39 is 0 Å². The highest BCUT2D eigenvalue weighted by atomic mass is 15.2. The van der Waals surface area contributed by atoms with Crippen LogP contribution in [-0.4, -0.2) is 37.6 Å². The number of nitrogens with two attached hydrogens (primary N) is 1. The van der Waals surface area contributed by atoms with Crippen LogP contribution in [-0.2, 0) is 6.54 Å². The fourth-order valence-corrected chi connectivity index (χ4v) is 2.75. The molecule has 2 rings (SSSR count). The van der Waals surface area contributed by atoms with Crippen molar-refractivity contribution in [1.29, 1.82) is 0 Å². The summed E-state index contributed by atoms with van der Waals surface area (Å²) in [5.74, 6) is 0. The average molecular weight is 261 g/mol. The predicted octanol–water partition coefficient (Wildman–Crippen LogP) is 2.46. The zero-order valence-electron chi connectivity index (χ0n) is 12.1. The van der Waals surface area contributed by atoms with Crippen LogP contribution >= 0.6 is 0 Å². The molecule has 3 heteroatoms. The van der Waals surface area contributed by atoms with Gasteiger partial charge in [0.2, 0.25) is 0 Å². The highest BCUT2D eigenvalue weighted by Gasteiger charge is 2.13. The third-order valence-corrected chi connectivity index (χ3v) is 3.92. The van der Waals surface area contributed by atoms with Gasteiger partial charge in [-0.05, 0) is 50.0 Å². The van der Waals surface area contributed by atoms with Crippen LogP contribution in [0.3, 0.4) is 0 Å². The summed E-state index contributed by atoms with van der Waals surface area (Å²) in [5, 5.41) is 0. The summed E-state index contributed by atoms with van der Waals surface area (Å²) in [6.45, 7) is 8.90. The van der Waals surface area contributed by atoms with Crippen molar-refractivity contribution < 1.29 is 0 Å². The summed E-state index contributed by atoms with van der Waals surface area (Å²) in [7, 11) is 0. The van der Waals surface area contributed by atoms with Gasteiger partial charge in [0.1, 0.15) is 0 Å². The molecule has 1 fully saturated rings. The number of anilines is 1. The van der Waals surface area contributed by atoms with Crippen LogP contribution in [0.15, 0.2) is 24.3 Å². The molecule has 1 saturated heterocycles. The third-order valence-electron chi connectivity index (χ3n) is 3.92. The Balaban J connectivity index is 1.92. The summed E-state index contributed by atoms with van der Waals surface area (Å²) >= 11 is 0. The van der Waals surface area contributed by atoms with Crippen molar-refractivity contribution in [3.63, 3.8) is 0 Å². The van der Waals surface area contributed by atoms with Crippen LogP contribution in [0.1, 0.15) is 31.7 Å².